The number of benzene rings is 3. The average Bonchev–Trinajstić information content (AvgIpc) is 3.32. The van der Waals surface area contributed by atoms with E-state index in [4.69, 9.17) is 0 Å². The number of hydrogen-bond donors (Lipinski definition) is 3. The molecule has 3 aromatic carbocycles. The van der Waals surface area contributed by atoms with E-state index in [1.54, 1.807) is 36.4 Å². The number of nitrogens with zero attached hydrogens (tertiary/aromatic N) is 2. The number of anilines is 1. The maximum absolute atomic E-state index is 13.0. The molecule has 0 saturated heterocycles. The number of fused-ring (bicyclic) bond motifs is 1. The number of phenolic OH excluding ortho intramolecular Hbond substituents is 2. The monoisotopic (exact) mass is 677 g/mol. The zero-order valence-corrected chi connectivity index (χ0v) is 31.6. The molecule has 6 nitrogen and oxygen atoms in total. The van der Waals surface area contributed by atoms with Crippen molar-refractivity contribution < 1.29 is 15.0 Å². The molecule has 1 aromatic heterocycles. The molecule has 1 heterocycles. The molecule has 0 aliphatic heterocycles. The largest absolute Gasteiger partial charge is 0.507 e. The Labute approximate surface area is 300 Å². The van der Waals surface area contributed by atoms with Crippen molar-refractivity contribution in [3.63, 3.8) is 0 Å². The van der Waals surface area contributed by atoms with Crippen LogP contribution in [0.25, 0.3) is 16.5 Å². The second kappa shape index (κ2) is 19.6. The van der Waals surface area contributed by atoms with Gasteiger partial charge >= 0.3 is 0 Å². The van der Waals surface area contributed by atoms with Crippen molar-refractivity contribution in [2.45, 2.75) is 87.1 Å². The maximum atomic E-state index is 13.0. The van der Waals surface area contributed by atoms with E-state index < -0.39 is 0 Å². The van der Waals surface area contributed by atoms with E-state index in [1.165, 1.54) is 78.6 Å². The second-order valence-corrected chi connectivity index (χ2v) is 13.4. The van der Waals surface area contributed by atoms with Crippen LogP contribution in [0.4, 0.5) is 5.69 Å². The molecule has 0 aliphatic carbocycles. The van der Waals surface area contributed by atoms with E-state index >= 15 is 0 Å². The topological polar surface area (TPSA) is 77.7 Å². The molecule has 3 N–H and O–H groups in total. The molecule has 0 bridgehead atoms. The van der Waals surface area contributed by atoms with E-state index in [9.17, 15) is 15.0 Å². The molecule has 50 heavy (non-hydrogen) atoms. The van der Waals surface area contributed by atoms with Crippen LogP contribution in [0.1, 0.15) is 98.6 Å². The quantitative estimate of drug-likeness (QED) is 0.109. The Hall–Kier alpha value is -4.55. The predicted octanol–water partition coefficient (Wildman–Crippen LogP) is 10.8. The molecule has 4 aromatic rings. The summed E-state index contributed by atoms with van der Waals surface area (Å²) in [5.74, 6) is 0.113. The third-order valence-electron chi connectivity index (χ3n) is 9.37. The number of aromatic nitrogens is 1. The lowest BCUT2D eigenvalue weighted by molar-refractivity contribution is 0.102. The summed E-state index contributed by atoms with van der Waals surface area (Å²) in [6.07, 6.45) is 12.5. The molecule has 0 spiro atoms. The van der Waals surface area contributed by atoms with E-state index in [-0.39, 0.29) is 23.0 Å². The first kappa shape index (κ1) is 39.9. The number of nitrogens with one attached hydrogen (secondary N) is 1. The lowest BCUT2D eigenvalue weighted by Gasteiger charge is -2.13. The van der Waals surface area contributed by atoms with E-state index in [0.717, 1.165) is 18.5 Å². The van der Waals surface area contributed by atoms with Crippen LogP contribution >= 0.6 is 0 Å². The Balaban J connectivity index is 0.000000753. The van der Waals surface area contributed by atoms with Gasteiger partial charge in [0.1, 0.15) is 11.5 Å². The molecule has 1 amide bonds. The van der Waals surface area contributed by atoms with E-state index in [1.807, 2.05) is 19.1 Å². The summed E-state index contributed by atoms with van der Waals surface area (Å²) < 4.78 is 2.46. The SMILES string of the molecule is C=C/C=C(\C=C/C)c1c(O)cc(NC(=O)c2ccc(Cc3ccc4c(c3)c(C)c(C)n4CCC(C)CC)cc2)cc1O.CCCN(C)CCC. The second-order valence-electron chi connectivity index (χ2n) is 13.4. The van der Waals surface area contributed by atoms with Gasteiger partial charge < -0.3 is 25.0 Å². The Morgan fingerprint density at radius 3 is 2.14 bits per heavy atom. The highest BCUT2D eigenvalue weighted by atomic mass is 16.3. The highest BCUT2D eigenvalue weighted by Gasteiger charge is 2.16. The number of carbonyl (C=O) groups excluding carboxylic acids is 1. The Morgan fingerprint density at radius 1 is 0.960 bits per heavy atom. The summed E-state index contributed by atoms with van der Waals surface area (Å²) in [4.78, 5) is 15.3. The zero-order chi connectivity index (χ0) is 36.8. The highest BCUT2D eigenvalue weighted by molar-refractivity contribution is 6.04. The summed E-state index contributed by atoms with van der Waals surface area (Å²) in [6, 6.07) is 17.1. The molecule has 0 radical (unpaired) electrons. The standard InChI is InChI=1S/C37H42N2O3.C7H17N/c1-7-10-29(11-8-2)36-34(40)22-31(23-35(36)41)38-37(42)30-15-12-27(13-16-30)20-28-14-17-33-32(21-28)25(5)26(6)39(33)19-18-24(4)9-3;1-4-6-8(3)7-5-2/h7-8,10-17,21-24,40-41H,1,9,18-20H2,2-6H3,(H,38,42);4-7H2,1-3H3/b11-8-,29-10+;. The Morgan fingerprint density at radius 2 is 1.58 bits per heavy atom. The zero-order valence-electron chi connectivity index (χ0n) is 31.6. The van der Waals surface area contributed by atoms with Crippen LogP contribution < -0.4 is 5.32 Å². The molecular formula is C44H59N3O3. The van der Waals surface area contributed by atoms with Crippen LogP contribution in [-0.4, -0.2) is 45.7 Å². The summed E-state index contributed by atoms with van der Waals surface area (Å²) in [5, 5.41) is 25.3. The first-order valence-electron chi connectivity index (χ1n) is 18.2. The van der Waals surface area contributed by atoms with Gasteiger partial charge in [0.05, 0.1) is 5.56 Å². The number of aryl methyl sites for hydroxylation is 2. The Bertz CT molecular complexity index is 1750. The van der Waals surface area contributed by atoms with Crippen molar-refractivity contribution in [1.29, 1.82) is 0 Å². The van der Waals surface area contributed by atoms with Gasteiger partial charge in [-0.15, -0.1) is 0 Å². The first-order valence-corrected chi connectivity index (χ1v) is 18.2. The normalized spacial score (nSPS) is 12.3. The molecule has 0 fully saturated rings. The fraction of sp³-hybridized carbons (Fsp3) is 0.386. The number of allylic oxidation sites excluding steroid dienone is 5. The van der Waals surface area contributed by atoms with Gasteiger partial charge in [0.25, 0.3) is 5.91 Å². The number of aromatic hydroxyl groups is 2. The summed E-state index contributed by atoms with van der Waals surface area (Å²) in [7, 11) is 2.17. The lowest BCUT2D eigenvalue weighted by atomic mass is 10.0. The molecule has 268 valence electrons. The first-order chi connectivity index (χ1) is 24.0. The van der Waals surface area contributed by atoms with Gasteiger partial charge in [0.15, 0.2) is 0 Å². The van der Waals surface area contributed by atoms with Crippen LogP contribution in [0.15, 0.2) is 85.5 Å². The third-order valence-corrected chi connectivity index (χ3v) is 9.37. The summed E-state index contributed by atoms with van der Waals surface area (Å²) >= 11 is 0. The third kappa shape index (κ3) is 10.7. The van der Waals surface area contributed by atoms with E-state index in [0.29, 0.717) is 22.7 Å². The molecule has 1 atom stereocenters. The van der Waals surface area contributed by atoms with Gasteiger partial charge in [-0.2, -0.15) is 0 Å². The number of phenols is 2. The minimum Gasteiger partial charge on any atom is -0.507 e. The average molecular weight is 678 g/mol. The van der Waals surface area contributed by atoms with E-state index in [2.05, 4.69) is 88.2 Å². The maximum Gasteiger partial charge on any atom is 0.255 e. The fourth-order valence-corrected chi connectivity index (χ4v) is 6.25. The number of rotatable bonds is 15. The van der Waals surface area contributed by atoms with Crippen LogP contribution in [-0.2, 0) is 13.0 Å². The van der Waals surface area contributed by atoms with Gasteiger partial charge in [-0.1, -0.05) is 83.2 Å². The molecule has 4 rings (SSSR count). The van der Waals surface area contributed by atoms with Crippen molar-refractivity contribution in [1.82, 2.24) is 9.47 Å². The van der Waals surface area contributed by atoms with Crippen molar-refractivity contribution in [2.75, 3.05) is 25.5 Å². The molecule has 6 heteroatoms. The van der Waals surface area contributed by atoms with Crippen LogP contribution in [0.3, 0.4) is 0 Å². The van der Waals surface area contributed by atoms with Gasteiger partial charge in [-0.25, -0.2) is 0 Å². The number of carbonyl (C=O) groups is 1. The number of amides is 1. The van der Waals surface area contributed by atoms with Crippen molar-refractivity contribution in [2.24, 2.45) is 5.92 Å². The minimum atomic E-state index is -0.324. The van der Waals surface area contributed by atoms with Gasteiger partial charge in [0.2, 0.25) is 0 Å². The summed E-state index contributed by atoms with van der Waals surface area (Å²) in [6.45, 7) is 22.5. The molecular weight excluding hydrogens is 619 g/mol. The Kier molecular flexibility index (Phi) is 15.6. The predicted molar refractivity (Wildman–Crippen MR) is 214 cm³/mol. The summed E-state index contributed by atoms with van der Waals surface area (Å²) in [5.41, 5.74) is 7.99. The molecule has 0 aliphatic rings. The van der Waals surface area contributed by atoms with Crippen molar-refractivity contribution >= 4 is 28.1 Å². The van der Waals surface area contributed by atoms with Gasteiger partial charge in [-0.05, 0) is 119 Å². The van der Waals surface area contributed by atoms with Gasteiger partial charge in [0, 0.05) is 46.5 Å². The number of hydrogen-bond acceptors (Lipinski definition) is 4. The van der Waals surface area contributed by atoms with Gasteiger partial charge in [-0.3, -0.25) is 4.79 Å². The van der Waals surface area contributed by atoms with Crippen molar-refractivity contribution in [3.05, 3.63) is 119 Å². The van der Waals surface area contributed by atoms with Crippen LogP contribution in [0, 0.1) is 19.8 Å². The highest BCUT2D eigenvalue weighted by Crippen LogP contribution is 2.37. The minimum absolute atomic E-state index is 0.139. The lowest BCUT2D eigenvalue weighted by Crippen LogP contribution is -2.19. The molecule has 0 saturated carbocycles. The smallest absolute Gasteiger partial charge is 0.255 e. The van der Waals surface area contributed by atoms with Crippen LogP contribution in [0.5, 0.6) is 11.5 Å². The molecule has 1 unspecified atom stereocenters. The van der Waals surface area contributed by atoms with Crippen LogP contribution in [0.2, 0.25) is 0 Å². The van der Waals surface area contributed by atoms with Crippen molar-refractivity contribution in [3.8, 4) is 11.5 Å². The fourth-order valence-electron chi connectivity index (χ4n) is 6.25.